The van der Waals surface area contributed by atoms with Crippen LogP contribution in [-0.2, 0) is 0 Å². The van der Waals surface area contributed by atoms with E-state index in [0.29, 0.717) is 0 Å². The van der Waals surface area contributed by atoms with Crippen molar-refractivity contribution in [3.05, 3.63) is 30.1 Å². The average molecular weight is 158 g/mol. The fourth-order valence-electron chi connectivity index (χ4n) is 0.754. The summed E-state index contributed by atoms with van der Waals surface area (Å²) in [5.41, 5.74) is 0. The second-order valence-electron chi connectivity index (χ2n) is 2.37. The molecule has 1 rings (SSSR count). The summed E-state index contributed by atoms with van der Waals surface area (Å²) in [6.07, 6.45) is 4.23. The van der Waals surface area contributed by atoms with Crippen molar-refractivity contribution in [1.29, 1.82) is 0 Å². The molecule has 2 heteroatoms. The Morgan fingerprint density at radius 2 is 2.00 bits per heavy atom. The van der Waals surface area contributed by atoms with Crippen molar-refractivity contribution in [3.63, 3.8) is 0 Å². The monoisotopic (exact) mass is 158 g/mol. The third-order valence-corrected chi connectivity index (χ3v) is 2.64. The smallest absolute Gasteiger partial charge is 0.124 e. The van der Waals surface area contributed by atoms with Gasteiger partial charge in [0.2, 0.25) is 0 Å². The molecular formula is C8H11FS. The van der Waals surface area contributed by atoms with E-state index in [1.54, 1.807) is 12.1 Å². The molecule has 0 radical (unpaired) electrons. The molecule has 0 aliphatic rings. The quantitative estimate of drug-likeness (QED) is 0.596. The highest BCUT2D eigenvalue weighted by Gasteiger charge is 1.94. The zero-order valence-electron chi connectivity index (χ0n) is 6.13. The lowest BCUT2D eigenvalue weighted by atomic mass is 10.4. The van der Waals surface area contributed by atoms with Gasteiger partial charge in [-0.15, -0.1) is 0 Å². The van der Waals surface area contributed by atoms with Crippen molar-refractivity contribution in [3.8, 4) is 0 Å². The first-order valence-electron chi connectivity index (χ1n) is 3.13. The minimum Gasteiger partial charge on any atom is -0.233 e. The summed E-state index contributed by atoms with van der Waals surface area (Å²) in [5, 5.41) is 0. The molecule has 0 heterocycles. The van der Waals surface area contributed by atoms with Gasteiger partial charge in [0.1, 0.15) is 5.82 Å². The second kappa shape index (κ2) is 3.06. The summed E-state index contributed by atoms with van der Waals surface area (Å²) in [6, 6.07) is 6.80. The molecular weight excluding hydrogens is 147 g/mol. The summed E-state index contributed by atoms with van der Waals surface area (Å²) in [4.78, 5) is 1.12. The standard InChI is InChI=1S/C8H11FS/c1-10(2)8-5-3-4-7(9)6-8/h3-6,10H,1-2H3. The van der Waals surface area contributed by atoms with Crippen molar-refractivity contribution < 1.29 is 4.39 Å². The van der Waals surface area contributed by atoms with Crippen LogP contribution in [0.3, 0.4) is 0 Å². The Hall–Kier alpha value is -0.500. The van der Waals surface area contributed by atoms with Gasteiger partial charge in [-0.25, -0.2) is 15.3 Å². The lowest BCUT2D eigenvalue weighted by Gasteiger charge is -2.07. The van der Waals surface area contributed by atoms with Crippen LogP contribution in [0.4, 0.5) is 4.39 Å². The average Bonchev–Trinajstić information content (AvgIpc) is 1.88. The maximum absolute atomic E-state index is 12.5. The van der Waals surface area contributed by atoms with Crippen LogP contribution in [0.25, 0.3) is 0 Å². The predicted octanol–water partition coefficient (Wildman–Crippen LogP) is 2.45. The molecule has 0 unspecified atom stereocenters. The topological polar surface area (TPSA) is 0 Å². The van der Waals surface area contributed by atoms with Crippen molar-refractivity contribution in [2.75, 3.05) is 12.5 Å². The Morgan fingerprint density at radius 1 is 1.30 bits per heavy atom. The van der Waals surface area contributed by atoms with Crippen LogP contribution in [0.1, 0.15) is 0 Å². The number of halogens is 1. The Kier molecular flexibility index (Phi) is 2.33. The Balaban J connectivity index is 2.96. The molecule has 0 aromatic heterocycles. The Labute approximate surface area is 63.4 Å². The lowest BCUT2D eigenvalue weighted by molar-refractivity contribution is 0.624. The fourth-order valence-corrected chi connectivity index (χ4v) is 1.52. The first kappa shape index (κ1) is 7.61. The predicted molar refractivity (Wildman–Crippen MR) is 45.5 cm³/mol. The molecule has 0 amide bonds. The van der Waals surface area contributed by atoms with Crippen LogP contribution in [-0.4, -0.2) is 12.5 Å². The van der Waals surface area contributed by atoms with Gasteiger partial charge in [0, 0.05) is 0 Å². The van der Waals surface area contributed by atoms with Crippen molar-refractivity contribution in [2.24, 2.45) is 0 Å². The molecule has 1 aromatic rings. The molecule has 1 aromatic carbocycles. The highest BCUT2D eigenvalue weighted by molar-refractivity contribution is 8.15. The first-order valence-corrected chi connectivity index (χ1v) is 5.36. The van der Waals surface area contributed by atoms with E-state index in [1.807, 2.05) is 6.07 Å². The van der Waals surface area contributed by atoms with Crippen LogP contribution in [0.2, 0.25) is 0 Å². The zero-order valence-corrected chi connectivity index (χ0v) is 7.03. The van der Waals surface area contributed by atoms with Crippen LogP contribution < -0.4 is 0 Å². The molecule has 0 bridgehead atoms. The van der Waals surface area contributed by atoms with Crippen LogP contribution >= 0.6 is 10.9 Å². The number of rotatable bonds is 1. The SMILES string of the molecule is C[SH](C)c1cccc(F)c1. The van der Waals surface area contributed by atoms with E-state index in [2.05, 4.69) is 12.5 Å². The van der Waals surface area contributed by atoms with Gasteiger partial charge in [-0.2, -0.15) is 0 Å². The zero-order chi connectivity index (χ0) is 7.56. The van der Waals surface area contributed by atoms with E-state index in [-0.39, 0.29) is 16.7 Å². The van der Waals surface area contributed by atoms with E-state index in [4.69, 9.17) is 0 Å². The lowest BCUT2D eigenvalue weighted by Crippen LogP contribution is -1.79. The number of hydrogen-bond acceptors (Lipinski definition) is 0. The van der Waals surface area contributed by atoms with Crippen LogP contribution in [0.5, 0.6) is 0 Å². The number of hydrogen-bond donors (Lipinski definition) is 1. The summed E-state index contributed by atoms with van der Waals surface area (Å²) < 4.78 is 12.5. The van der Waals surface area contributed by atoms with Crippen LogP contribution in [0.15, 0.2) is 29.2 Å². The summed E-state index contributed by atoms with van der Waals surface area (Å²) >= 11 is 0. The second-order valence-corrected chi connectivity index (χ2v) is 4.68. The van der Waals surface area contributed by atoms with Crippen molar-refractivity contribution >= 4 is 10.9 Å². The molecule has 0 saturated carbocycles. The third kappa shape index (κ3) is 1.74. The molecule has 0 saturated heterocycles. The first-order chi connectivity index (χ1) is 4.70. The van der Waals surface area contributed by atoms with E-state index in [9.17, 15) is 4.39 Å². The Bertz CT molecular complexity index is 220. The van der Waals surface area contributed by atoms with Gasteiger partial charge >= 0.3 is 0 Å². The molecule has 0 N–H and O–H groups in total. The Morgan fingerprint density at radius 3 is 2.40 bits per heavy atom. The van der Waals surface area contributed by atoms with Gasteiger partial charge in [0.05, 0.1) is 0 Å². The third-order valence-electron chi connectivity index (χ3n) is 1.32. The normalized spacial score (nSPS) is 11.3. The van der Waals surface area contributed by atoms with Gasteiger partial charge in [0.15, 0.2) is 0 Å². The van der Waals surface area contributed by atoms with Gasteiger partial charge in [-0.1, -0.05) is 12.1 Å². The largest absolute Gasteiger partial charge is 0.233 e. The minimum atomic E-state index is -0.152. The summed E-state index contributed by atoms with van der Waals surface area (Å²) in [5.74, 6) is -0.131. The highest BCUT2D eigenvalue weighted by Crippen LogP contribution is 2.27. The van der Waals surface area contributed by atoms with Gasteiger partial charge in [0.25, 0.3) is 0 Å². The molecule has 10 heavy (non-hydrogen) atoms. The van der Waals surface area contributed by atoms with Crippen LogP contribution in [0, 0.1) is 5.82 Å². The molecule has 0 fully saturated rings. The molecule has 0 nitrogen and oxygen atoms in total. The van der Waals surface area contributed by atoms with Gasteiger partial charge in [-0.3, -0.25) is 0 Å². The van der Waals surface area contributed by atoms with E-state index in [1.165, 1.54) is 6.07 Å². The molecule has 0 aliphatic heterocycles. The van der Waals surface area contributed by atoms with E-state index < -0.39 is 0 Å². The van der Waals surface area contributed by atoms with Gasteiger partial charge < -0.3 is 0 Å². The summed E-state index contributed by atoms with van der Waals surface area (Å²) in [7, 11) is -0.152. The van der Waals surface area contributed by atoms with E-state index >= 15 is 0 Å². The summed E-state index contributed by atoms with van der Waals surface area (Å²) in [6.45, 7) is 0. The van der Waals surface area contributed by atoms with Gasteiger partial charge in [-0.05, 0) is 29.5 Å². The highest BCUT2D eigenvalue weighted by atomic mass is 32.2. The fraction of sp³-hybridized carbons (Fsp3) is 0.250. The minimum absolute atomic E-state index is 0.131. The van der Waals surface area contributed by atoms with Crippen molar-refractivity contribution in [2.45, 2.75) is 4.90 Å². The van der Waals surface area contributed by atoms with Crippen molar-refractivity contribution in [1.82, 2.24) is 0 Å². The molecule has 0 aliphatic carbocycles. The molecule has 0 atom stereocenters. The van der Waals surface area contributed by atoms with E-state index in [0.717, 1.165) is 4.90 Å². The molecule has 56 valence electrons. The molecule has 0 spiro atoms. The maximum Gasteiger partial charge on any atom is 0.124 e. The number of thiol groups is 1. The maximum atomic E-state index is 12.5. The number of benzene rings is 1.